The summed E-state index contributed by atoms with van der Waals surface area (Å²) in [7, 11) is 4.19. The Morgan fingerprint density at radius 1 is 0.593 bits per heavy atom. The van der Waals surface area contributed by atoms with Crippen LogP contribution in [0.1, 0.15) is 38.5 Å². The molecule has 0 spiro atoms. The summed E-state index contributed by atoms with van der Waals surface area (Å²) in [6.45, 7) is 4.73. The molecule has 0 amide bonds. The molecule has 0 aliphatic carbocycles. The second-order valence-electron chi connectivity index (χ2n) is 6.65. The average molecular weight is 387 g/mol. The van der Waals surface area contributed by atoms with Gasteiger partial charge in [-0.05, 0) is 19.3 Å². The minimum absolute atomic E-state index is 0.197. The maximum absolute atomic E-state index is 11.3. The first kappa shape index (κ1) is 23.3. The zero-order valence-corrected chi connectivity index (χ0v) is 16.8. The van der Waals surface area contributed by atoms with Gasteiger partial charge in [0, 0.05) is 38.9 Å². The highest BCUT2D eigenvalue weighted by Gasteiger charge is 2.23. The van der Waals surface area contributed by atoms with Gasteiger partial charge < -0.3 is 14.2 Å². The third-order valence-electron chi connectivity index (χ3n) is 4.45. The number of carbonyl (C=O) groups is 3. The number of ether oxygens (including phenoxy) is 3. The van der Waals surface area contributed by atoms with Gasteiger partial charge in [-0.3, -0.25) is 29.1 Å². The molecule has 156 valence electrons. The maximum Gasteiger partial charge on any atom is 0.305 e. The Morgan fingerprint density at radius 2 is 0.852 bits per heavy atom. The summed E-state index contributed by atoms with van der Waals surface area (Å²) in [5.41, 5.74) is 0. The number of nitrogens with zero attached hydrogens (tertiary/aromatic N) is 3. The monoisotopic (exact) mass is 387 g/mol. The summed E-state index contributed by atoms with van der Waals surface area (Å²) in [5, 5.41) is 0. The quantitative estimate of drug-likeness (QED) is 0.353. The van der Waals surface area contributed by atoms with E-state index >= 15 is 0 Å². The van der Waals surface area contributed by atoms with Crippen molar-refractivity contribution >= 4 is 17.9 Å². The Morgan fingerprint density at radius 3 is 1.07 bits per heavy atom. The van der Waals surface area contributed by atoms with Crippen molar-refractivity contribution in [3.05, 3.63) is 0 Å². The van der Waals surface area contributed by atoms with E-state index in [9.17, 15) is 14.4 Å². The number of hydrogen-bond acceptors (Lipinski definition) is 9. The Balaban J connectivity index is 2.47. The van der Waals surface area contributed by atoms with Gasteiger partial charge in [-0.2, -0.15) is 0 Å². The van der Waals surface area contributed by atoms with Crippen LogP contribution >= 0.6 is 0 Å². The number of hydrogen-bond donors (Lipinski definition) is 0. The van der Waals surface area contributed by atoms with Crippen LogP contribution in [0.3, 0.4) is 0 Å². The number of carbonyl (C=O) groups excluding carboxylic acids is 3. The minimum atomic E-state index is -0.197. The van der Waals surface area contributed by atoms with Crippen LogP contribution in [0.15, 0.2) is 0 Å². The van der Waals surface area contributed by atoms with Crippen molar-refractivity contribution in [3.8, 4) is 0 Å². The van der Waals surface area contributed by atoms with E-state index in [1.54, 1.807) is 0 Å². The molecule has 0 aromatic carbocycles. The smallest absolute Gasteiger partial charge is 0.305 e. The summed E-state index contributed by atoms with van der Waals surface area (Å²) in [6, 6.07) is 0. The Kier molecular flexibility index (Phi) is 11.6. The van der Waals surface area contributed by atoms with Crippen LogP contribution in [0, 0.1) is 0 Å². The van der Waals surface area contributed by atoms with Crippen LogP contribution < -0.4 is 0 Å². The fourth-order valence-electron chi connectivity index (χ4n) is 3.05. The van der Waals surface area contributed by atoms with Crippen molar-refractivity contribution in [3.63, 3.8) is 0 Å². The number of rotatable bonds is 12. The van der Waals surface area contributed by atoms with Crippen molar-refractivity contribution in [2.45, 2.75) is 38.5 Å². The van der Waals surface area contributed by atoms with Crippen molar-refractivity contribution in [1.29, 1.82) is 0 Å². The molecule has 0 unspecified atom stereocenters. The van der Waals surface area contributed by atoms with E-state index in [1.807, 2.05) is 0 Å². The first-order chi connectivity index (χ1) is 13.0. The van der Waals surface area contributed by atoms with Gasteiger partial charge in [-0.1, -0.05) is 0 Å². The fourth-order valence-corrected chi connectivity index (χ4v) is 3.05. The van der Waals surface area contributed by atoms with E-state index in [4.69, 9.17) is 0 Å². The number of methoxy groups -OCH3 is 3. The van der Waals surface area contributed by atoms with Crippen LogP contribution in [0.5, 0.6) is 0 Å². The van der Waals surface area contributed by atoms with E-state index in [-0.39, 0.29) is 17.9 Å². The second kappa shape index (κ2) is 13.5. The van der Waals surface area contributed by atoms with Crippen molar-refractivity contribution in [2.24, 2.45) is 0 Å². The summed E-state index contributed by atoms with van der Waals surface area (Å²) >= 11 is 0. The average Bonchev–Trinajstić information content (AvgIpc) is 2.67. The Bertz CT molecular complexity index is 401. The Hall–Kier alpha value is -1.71. The molecular formula is C18H33N3O6. The summed E-state index contributed by atoms with van der Waals surface area (Å²) in [4.78, 5) is 40.7. The SMILES string of the molecule is COC(=O)CCCN1CN(CCCC(=O)OC)CN(CCCC(=O)OC)C1. The Labute approximate surface area is 161 Å². The molecule has 0 aromatic heterocycles. The van der Waals surface area contributed by atoms with Crippen LogP contribution in [0.2, 0.25) is 0 Å². The van der Waals surface area contributed by atoms with Crippen molar-refractivity contribution < 1.29 is 28.6 Å². The van der Waals surface area contributed by atoms with Gasteiger partial charge in [-0.15, -0.1) is 0 Å². The number of esters is 3. The zero-order valence-electron chi connectivity index (χ0n) is 16.8. The lowest BCUT2D eigenvalue weighted by atomic mass is 10.2. The third kappa shape index (κ3) is 10.3. The van der Waals surface area contributed by atoms with Crippen molar-refractivity contribution in [1.82, 2.24) is 14.7 Å². The molecule has 1 saturated heterocycles. The highest BCUT2D eigenvalue weighted by Crippen LogP contribution is 2.11. The largest absolute Gasteiger partial charge is 0.469 e. The zero-order chi connectivity index (χ0) is 20.1. The highest BCUT2D eigenvalue weighted by molar-refractivity contribution is 5.69. The summed E-state index contributed by atoms with van der Waals surface area (Å²) < 4.78 is 14.1. The van der Waals surface area contributed by atoms with E-state index in [0.29, 0.717) is 19.3 Å². The van der Waals surface area contributed by atoms with E-state index < -0.39 is 0 Å². The van der Waals surface area contributed by atoms with Gasteiger partial charge in [-0.25, -0.2) is 0 Å². The molecule has 0 radical (unpaired) electrons. The molecule has 1 aliphatic heterocycles. The minimum Gasteiger partial charge on any atom is -0.469 e. The second-order valence-corrected chi connectivity index (χ2v) is 6.65. The predicted molar refractivity (Wildman–Crippen MR) is 98.5 cm³/mol. The molecule has 0 bridgehead atoms. The van der Waals surface area contributed by atoms with E-state index in [1.165, 1.54) is 21.3 Å². The maximum atomic E-state index is 11.3. The third-order valence-corrected chi connectivity index (χ3v) is 4.45. The molecule has 0 aromatic rings. The topological polar surface area (TPSA) is 88.6 Å². The van der Waals surface area contributed by atoms with Gasteiger partial charge in [0.1, 0.15) is 0 Å². The fraction of sp³-hybridized carbons (Fsp3) is 0.833. The first-order valence-corrected chi connectivity index (χ1v) is 9.36. The molecule has 0 saturated carbocycles. The molecule has 9 heteroatoms. The van der Waals surface area contributed by atoms with Gasteiger partial charge in [0.15, 0.2) is 0 Å². The molecule has 1 aliphatic rings. The van der Waals surface area contributed by atoms with Gasteiger partial charge in [0.2, 0.25) is 0 Å². The molecular weight excluding hydrogens is 354 g/mol. The molecule has 1 fully saturated rings. The molecule has 0 N–H and O–H groups in total. The lowest BCUT2D eigenvalue weighted by Gasteiger charge is -2.42. The van der Waals surface area contributed by atoms with Crippen LogP contribution in [-0.2, 0) is 28.6 Å². The summed E-state index contributed by atoms with van der Waals surface area (Å²) in [6.07, 6.45) is 3.41. The van der Waals surface area contributed by atoms with Crippen molar-refractivity contribution in [2.75, 3.05) is 61.0 Å². The van der Waals surface area contributed by atoms with Gasteiger partial charge >= 0.3 is 17.9 Å². The molecule has 0 atom stereocenters. The van der Waals surface area contributed by atoms with E-state index in [0.717, 1.165) is 58.9 Å². The molecule has 27 heavy (non-hydrogen) atoms. The van der Waals surface area contributed by atoms with Crippen LogP contribution in [0.25, 0.3) is 0 Å². The normalized spacial score (nSPS) is 16.1. The van der Waals surface area contributed by atoms with Crippen LogP contribution in [-0.4, -0.2) is 93.6 Å². The first-order valence-electron chi connectivity index (χ1n) is 9.36. The standard InChI is InChI=1S/C18H33N3O6/c1-25-16(22)7-4-10-19-13-20(11-5-8-17(23)26-2)15-21(14-19)12-6-9-18(24)27-3/h4-15H2,1-3H3. The highest BCUT2D eigenvalue weighted by atomic mass is 16.5. The predicted octanol–water partition coefficient (Wildman–Crippen LogP) is 0.638. The molecule has 1 heterocycles. The lowest BCUT2D eigenvalue weighted by Crippen LogP contribution is -2.55. The molecule has 9 nitrogen and oxygen atoms in total. The van der Waals surface area contributed by atoms with Gasteiger partial charge in [0.05, 0.1) is 41.3 Å². The van der Waals surface area contributed by atoms with Crippen LogP contribution in [0.4, 0.5) is 0 Å². The van der Waals surface area contributed by atoms with E-state index in [2.05, 4.69) is 28.9 Å². The summed E-state index contributed by atoms with van der Waals surface area (Å²) in [5.74, 6) is -0.592. The molecule has 1 rings (SSSR count). The van der Waals surface area contributed by atoms with Gasteiger partial charge in [0.25, 0.3) is 0 Å². The lowest BCUT2D eigenvalue weighted by molar-refractivity contribution is -0.141.